The second-order valence-corrected chi connectivity index (χ2v) is 4.14. The van der Waals surface area contributed by atoms with Crippen molar-refractivity contribution < 1.29 is 9.90 Å². The molecule has 0 aliphatic carbocycles. The lowest BCUT2D eigenvalue weighted by Crippen LogP contribution is -2.20. The van der Waals surface area contributed by atoms with E-state index in [0.29, 0.717) is 19.4 Å². The summed E-state index contributed by atoms with van der Waals surface area (Å²) in [6.07, 6.45) is 0.999. The predicted molar refractivity (Wildman–Crippen MR) is 55.4 cm³/mol. The molecule has 0 fully saturated rings. The molecule has 0 radical (unpaired) electrons. The Morgan fingerprint density at radius 3 is 2.93 bits per heavy atom. The van der Waals surface area contributed by atoms with E-state index in [-0.39, 0.29) is 0 Å². The monoisotopic (exact) mass is 214 g/mol. The maximum absolute atomic E-state index is 10.8. The smallest absolute Gasteiger partial charge is 0.306 e. The third-order valence-corrected chi connectivity index (χ3v) is 2.94. The molecule has 0 aliphatic heterocycles. The standard InChI is InChI=1S/C9H14N2O2S/c1-6-5-14-8(11-6)4-7(2-3-10)9(12)13/h5,7H,2-4,10H2,1H3,(H,12,13). The fraction of sp³-hybridized carbons (Fsp3) is 0.556. The molecule has 0 saturated heterocycles. The van der Waals surface area contributed by atoms with E-state index in [4.69, 9.17) is 10.8 Å². The van der Waals surface area contributed by atoms with Crippen LogP contribution in [0.1, 0.15) is 17.1 Å². The first-order chi connectivity index (χ1) is 6.63. The first kappa shape index (κ1) is 11.1. The van der Waals surface area contributed by atoms with E-state index in [1.807, 2.05) is 12.3 Å². The lowest BCUT2D eigenvalue weighted by atomic mass is 10.0. The maximum Gasteiger partial charge on any atom is 0.306 e. The van der Waals surface area contributed by atoms with Gasteiger partial charge in [-0.05, 0) is 19.9 Å². The van der Waals surface area contributed by atoms with Crippen molar-refractivity contribution >= 4 is 17.3 Å². The minimum Gasteiger partial charge on any atom is -0.481 e. The average Bonchev–Trinajstić information content (AvgIpc) is 2.50. The molecule has 0 spiro atoms. The summed E-state index contributed by atoms with van der Waals surface area (Å²) in [5.74, 6) is -1.19. The van der Waals surface area contributed by atoms with Gasteiger partial charge < -0.3 is 10.8 Å². The Balaban J connectivity index is 2.59. The molecule has 14 heavy (non-hydrogen) atoms. The number of aryl methyl sites for hydroxylation is 1. The number of aromatic nitrogens is 1. The van der Waals surface area contributed by atoms with Crippen LogP contribution in [0.15, 0.2) is 5.38 Å². The van der Waals surface area contributed by atoms with Crippen molar-refractivity contribution in [1.82, 2.24) is 4.98 Å². The summed E-state index contributed by atoms with van der Waals surface area (Å²) < 4.78 is 0. The van der Waals surface area contributed by atoms with Crippen LogP contribution in [0.3, 0.4) is 0 Å². The Labute approximate surface area is 86.8 Å². The van der Waals surface area contributed by atoms with Crippen LogP contribution in [0.2, 0.25) is 0 Å². The van der Waals surface area contributed by atoms with Crippen LogP contribution in [0, 0.1) is 12.8 Å². The number of nitrogens with two attached hydrogens (primary N) is 1. The molecule has 1 aromatic heterocycles. The first-order valence-electron chi connectivity index (χ1n) is 4.47. The molecule has 4 nitrogen and oxygen atoms in total. The number of carbonyl (C=O) groups is 1. The van der Waals surface area contributed by atoms with E-state index in [1.165, 1.54) is 11.3 Å². The number of hydrogen-bond donors (Lipinski definition) is 2. The topological polar surface area (TPSA) is 76.2 Å². The Hall–Kier alpha value is -0.940. The summed E-state index contributed by atoms with van der Waals surface area (Å²) in [6, 6.07) is 0. The summed E-state index contributed by atoms with van der Waals surface area (Å²) in [5.41, 5.74) is 6.29. The number of carboxylic acid groups (broad SMARTS) is 1. The van der Waals surface area contributed by atoms with Gasteiger partial charge in [0, 0.05) is 17.5 Å². The van der Waals surface area contributed by atoms with Crippen LogP contribution < -0.4 is 5.73 Å². The second kappa shape index (κ2) is 5.07. The molecule has 1 aromatic rings. The van der Waals surface area contributed by atoms with E-state index in [9.17, 15) is 4.79 Å². The highest BCUT2D eigenvalue weighted by atomic mass is 32.1. The third-order valence-electron chi connectivity index (χ3n) is 1.95. The zero-order valence-electron chi connectivity index (χ0n) is 8.06. The van der Waals surface area contributed by atoms with E-state index < -0.39 is 11.9 Å². The summed E-state index contributed by atoms with van der Waals surface area (Å²) >= 11 is 1.51. The van der Waals surface area contributed by atoms with E-state index in [0.717, 1.165) is 10.7 Å². The van der Waals surface area contributed by atoms with E-state index >= 15 is 0 Å². The van der Waals surface area contributed by atoms with Gasteiger partial charge in [-0.25, -0.2) is 4.98 Å². The summed E-state index contributed by atoms with van der Waals surface area (Å²) in [5, 5.41) is 11.7. The molecule has 1 unspecified atom stereocenters. The lowest BCUT2D eigenvalue weighted by Gasteiger charge is -2.08. The first-order valence-corrected chi connectivity index (χ1v) is 5.35. The van der Waals surface area contributed by atoms with Crippen molar-refractivity contribution in [3.8, 4) is 0 Å². The van der Waals surface area contributed by atoms with Crippen LogP contribution in [0.5, 0.6) is 0 Å². The highest BCUT2D eigenvalue weighted by Crippen LogP contribution is 2.16. The SMILES string of the molecule is Cc1csc(CC(CCN)C(=O)O)n1. The zero-order valence-corrected chi connectivity index (χ0v) is 8.88. The zero-order chi connectivity index (χ0) is 10.6. The van der Waals surface area contributed by atoms with Crippen molar-refractivity contribution in [2.24, 2.45) is 11.7 Å². The average molecular weight is 214 g/mol. The summed E-state index contributed by atoms with van der Waals surface area (Å²) in [7, 11) is 0. The third kappa shape index (κ3) is 3.08. The van der Waals surface area contributed by atoms with Gasteiger partial charge in [0.2, 0.25) is 0 Å². The van der Waals surface area contributed by atoms with Crippen molar-refractivity contribution in [2.45, 2.75) is 19.8 Å². The minimum atomic E-state index is -0.789. The van der Waals surface area contributed by atoms with Gasteiger partial charge in [0.05, 0.1) is 10.9 Å². The molecule has 0 aromatic carbocycles. The molecule has 0 bridgehead atoms. The Morgan fingerprint density at radius 2 is 2.50 bits per heavy atom. The number of aliphatic carboxylic acids is 1. The van der Waals surface area contributed by atoms with Gasteiger partial charge in [0.25, 0.3) is 0 Å². The van der Waals surface area contributed by atoms with E-state index in [1.54, 1.807) is 0 Å². The summed E-state index contributed by atoms with van der Waals surface area (Å²) in [6.45, 7) is 2.31. The van der Waals surface area contributed by atoms with Gasteiger partial charge in [0.1, 0.15) is 0 Å². The fourth-order valence-electron chi connectivity index (χ4n) is 1.22. The predicted octanol–water partition coefficient (Wildman–Crippen LogP) is 1.04. The molecule has 5 heteroatoms. The largest absolute Gasteiger partial charge is 0.481 e. The van der Waals surface area contributed by atoms with Gasteiger partial charge in [-0.3, -0.25) is 4.79 Å². The van der Waals surface area contributed by atoms with Gasteiger partial charge in [0.15, 0.2) is 0 Å². The molecule has 0 saturated carbocycles. The molecule has 1 atom stereocenters. The van der Waals surface area contributed by atoms with Crippen molar-refractivity contribution in [3.63, 3.8) is 0 Å². The Kier molecular flexibility index (Phi) is 4.03. The molecule has 1 rings (SSSR count). The molecular weight excluding hydrogens is 200 g/mol. The van der Waals surface area contributed by atoms with Crippen molar-refractivity contribution in [3.05, 3.63) is 16.1 Å². The molecule has 0 aliphatic rings. The molecule has 3 N–H and O–H groups in total. The lowest BCUT2D eigenvalue weighted by molar-refractivity contribution is -0.141. The quantitative estimate of drug-likeness (QED) is 0.768. The molecule has 78 valence electrons. The minimum absolute atomic E-state index is 0.398. The highest BCUT2D eigenvalue weighted by molar-refractivity contribution is 7.09. The van der Waals surface area contributed by atoms with Crippen molar-refractivity contribution in [2.75, 3.05) is 6.54 Å². The van der Waals surface area contributed by atoms with Crippen LogP contribution in [0.4, 0.5) is 0 Å². The Bertz CT molecular complexity index is 312. The van der Waals surface area contributed by atoms with Gasteiger partial charge in [-0.15, -0.1) is 11.3 Å². The van der Waals surface area contributed by atoms with Crippen LogP contribution >= 0.6 is 11.3 Å². The van der Waals surface area contributed by atoms with Gasteiger partial charge >= 0.3 is 5.97 Å². The highest BCUT2D eigenvalue weighted by Gasteiger charge is 2.18. The Morgan fingerprint density at radius 1 is 1.79 bits per heavy atom. The number of nitrogens with zero attached hydrogens (tertiary/aromatic N) is 1. The summed E-state index contributed by atoms with van der Waals surface area (Å²) in [4.78, 5) is 15.1. The maximum atomic E-state index is 10.8. The number of rotatable bonds is 5. The van der Waals surface area contributed by atoms with Gasteiger partial charge in [-0.2, -0.15) is 0 Å². The molecule has 1 heterocycles. The number of hydrogen-bond acceptors (Lipinski definition) is 4. The number of carboxylic acids is 1. The van der Waals surface area contributed by atoms with E-state index in [2.05, 4.69) is 4.98 Å². The van der Waals surface area contributed by atoms with Crippen LogP contribution in [0.25, 0.3) is 0 Å². The molecule has 0 amide bonds. The normalized spacial score (nSPS) is 12.7. The van der Waals surface area contributed by atoms with Crippen LogP contribution in [-0.2, 0) is 11.2 Å². The number of thiazole rings is 1. The fourth-order valence-corrected chi connectivity index (χ4v) is 2.07. The van der Waals surface area contributed by atoms with Gasteiger partial charge in [-0.1, -0.05) is 0 Å². The van der Waals surface area contributed by atoms with Crippen LogP contribution in [-0.4, -0.2) is 22.6 Å². The van der Waals surface area contributed by atoms with Crippen molar-refractivity contribution in [1.29, 1.82) is 0 Å². The second-order valence-electron chi connectivity index (χ2n) is 3.20. The molecular formula is C9H14N2O2S.